The second-order valence-corrected chi connectivity index (χ2v) is 10.2. The van der Waals surface area contributed by atoms with Gasteiger partial charge in [0, 0.05) is 51.9 Å². The average molecular weight is 458 g/mol. The molecule has 7 heteroatoms. The molecule has 4 aliphatic rings. The molecule has 0 unspecified atom stereocenters. The summed E-state index contributed by atoms with van der Waals surface area (Å²) in [6, 6.07) is 6.56. The molecule has 0 bridgehead atoms. The van der Waals surface area contributed by atoms with E-state index in [4.69, 9.17) is 14.2 Å². The van der Waals surface area contributed by atoms with Crippen LogP contribution in [-0.4, -0.2) is 69.6 Å². The zero-order valence-corrected chi connectivity index (χ0v) is 19.8. The molecular weight excluding hydrogens is 418 g/mol. The van der Waals surface area contributed by atoms with Crippen molar-refractivity contribution in [3.63, 3.8) is 0 Å². The third-order valence-corrected chi connectivity index (χ3v) is 7.97. The number of para-hydroxylation sites is 1. The van der Waals surface area contributed by atoms with Crippen molar-refractivity contribution in [1.82, 2.24) is 10.2 Å². The summed E-state index contributed by atoms with van der Waals surface area (Å²) in [5.74, 6) is 3.34. The van der Waals surface area contributed by atoms with Gasteiger partial charge < -0.3 is 24.4 Å². The molecule has 0 spiro atoms. The van der Waals surface area contributed by atoms with Crippen molar-refractivity contribution in [3.8, 4) is 11.5 Å². The van der Waals surface area contributed by atoms with Crippen LogP contribution in [0, 0.1) is 11.8 Å². The average Bonchev–Trinajstić information content (AvgIpc) is 3.34. The third kappa shape index (κ3) is 5.93. The number of rotatable bonds is 7. The number of amides is 1. The number of carbonyl (C=O) groups is 1. The zero-order valence-electron chi connectivity index (χ0n) is 19.8. The van der Waals surface area contributed by atoms with Gasteiger partial charge in [-0.05, 0) is 75.5 Å². The predicted molar refractivity (Wildman–Crippen MR) is 128 cm³/mol. The van der Waals surface area contributed by atoms with Gasteiger partial charge in [0.2, 0.25) is 12.7 Å². The highest BCUT2D eigenvalue weighted by atomic mass is 16.7. The van der Waals surface area contributed by atoms with Gasteiger partial charge in [0.25, 0.3) is 0 Å². The SMILES string of the molecule is O=C(CC1CCOCC1)NC1CCC(CCN2CCN(c3cccc4c3OCO4)CC2)CC1. The van der Waals surface area contributed by atoms with Gasteiger partial charge >= 0.3 is 0 Å². The van der Waals surface area contributed by atoms with Crippen molar-refractivity contribution in [1.29, 1.82) is 0 Å². The van der Waals surface area contributed by atoms with Gasteiger partial charge in [0.1, 0.15) is 0 Å². The Bertz CT molecular complexity index is 782. The molecule has 1 saturated carbocycles. The maximum atomic E-state index is 12.4. The van der Waals surface area contributed by atoms with Crippen LogP contribution in [0.2, 0.25) is 0 Å². The molecule has 3 aliphatic heterocycles. The monoisotopic (exact) mass is 457 g/mol. The van der Waals surface area contributed by atoms with E-state index in [9.17, 15) is 4.79 Å². The quantitative estimate of drug-likeness (QED) is 0.677. The molecular formula is C26H39N3O4. The van der Waals surface area contributed by atoms with Crippen molar-refractivity contribution in [2.45, 2.75) is 57.4 Å². The number of piperazine rings is 1. The first-order chi connectivity index (χ1) is 16.2. The van der Waals surface area contributed by atoms with Crippen LogP contribution in [0.15, 0.2) is 18.2 Å². The molecule has 1 amide bonds. The summed E-state index contributed by atoms with van der Waals surface area (Å²) in [5.41, 5.74) is 1.17. The molecule has 3 fully saturated rings. The van der Waals surface area contributed by atoms with Crippen molar-refractivity contribution in [2.75, 3.05) is 57.6 Å². The fraction of sp³-hybridized carbons (Fsp3) is 0.731. The topological polar surface area (TPSA) is 63.3 Å². The number of fused-ring (bicyclic) bond motifs is 1. The van der Waals surface area contributed by atoms with Crippen LogP contribution < -0.4 is 19.7 Å². The van der Waals surface area contributed by atoms with E-state index in [-0.39, 0.29) is 5.91 Å². The summed E-state index contributed by atoms with van der Waals surface area (Å²) in [4.78, 5) is 17.4. The van der Waals surface area contributed by atoms with Crippen LogP contribution in [0.1, 0.15) is 51.4 Å². The molecule has 1 aliphatic carbocycles. The lowest BCUT2D eigenvalue weighted by molar-refractivity contribution is -0.123. The Morgan fingerprint density at radius 3 is 2.52 bits per heavy atom. The Morgan fingerprint density at radius 2 is 1.73 bits per heavy atom. The van der Waals surface area contributed by atoms with Gasteiger partial charge in [0.15, 0.2) is 11.5 Å². The van der Waals surface area contributed by atoms with Gasteiger partial charge in [-0.1, -0.05) is 6.07 Å². The first-order valence-electron chi connectivity index (χ1n) is 13.0. The molecule has 1 aromatic rings. The molecule has 1 aromatic carbocycles. The van der Waals surface area contributed by atoms with E-state index in [0.717, 1.165) is 82.5 Å². The van der Waals surface area contributed by atoms with Gasteiger partial charge in [-0.2, -0.15) is 0 Å². The minimum atomic E-state index is 0.254. The van der Waals surface area contributed by atoms with Crippen molar-refractivity contribution in [3.05, 3.63) is 18.2 Å². The Morgan fingerprint density at radius 1 is 0.939 bits per heavy atom. The first-order valence-corrected chi connectivity index (χ1v) is 13.0. The highest BCUT2D eigenvalue weighted by molar-refractivity contribution is 5.76. The lowest BCUT2D eigenvalue weighted by atomic mass is 9.83. The molecule has 7 nitrogen and oxygen atoms in total. The maximum Gasteiger partial charge on any atom is 0.231 e. The van der Waals surface area contributed by atoms with Crippen LogP contribution in [-0.2, 0) is 9.53 Å². The number of nitrogens with zero attached hydrogens (tertiary/aromatic N) is 2. The fourth-order valence-corrected chi connectivity index (χ4v) is 5.84. The van der Waals surface area contributed by atoms with E-state index >= 15 is 0 Å². The molecule has 2 saturated heterocycles. The lowest BCUT2D eigenvalue weighted by Crippen LogP contribution is -2.47. The van der Waals surface area contributed by atoms with Gasteiger partial charge in [-0.3, -0.25) is 9.69 Å². The summed E-state index contributed by atoms with van der Waals surface area (Å²) < 4.78 is 16.6. The number of ether oxygens (including phenoxy) is 3. The highest BCUT2D eigenvalue weighted by Gasteiger charge is 2.27. The van der Waals surface area contributed by atoms with Crippen molar-refractivity contribution < 1.29 is 19.0 Å². The fourth-order valence-electron chi connectivity index (χ4n) is 5.84. The Kier molecular flexibility index (Phi) is 7.57. The molecule has 33 heavy (non-hydrogen) atoms. The van der Waals surface area contributed by atoms with E-state index in [1.807, 2.05) is 6.07 Å². The normalized spacial score (nSPS) is 26.4. The van der Waals surface area contributed by atoms with Gasteiger partial charge in [0.05, 0.1) is 5.69 Å². The van der Waals surface area contributed by atoms with E-state index in [1.54, 1.807) is 0 Å². The van der Waals surface area contributed by atoms with Crippen LogP contribution in [0.3, 0.4) is 0 Å². The molecule has 5 rings (SSSR count). The van der Waals surface area contributed by atoms with Crippen LogP contribution in [0.25, 0.3) is 0 Å². The Hall–Kier alpha value is -1.99. The summed E-state index contributed by atoms with van der Waals surface area (Å²) in [7, 11) is 0. The maximum absolute atomic E-state index is 12.4. The van der Waals surface area contributed by atoms with Crippen LogP contribution in [0.4, 0.5) is 5.69 Å². The van der Waals surface area contributed by atoms with E-state index in [1.165, 1.54) is 31.5 Å². The third-order valence-electron chi connectivity index (χ3n) is 7.97. The summed E-state index contributed by atoms with van der Waals surface area (Å²) >= 11 is 0. The molecule has 0 radical (unpaired) electrons. The molecule has 3 heterocycles. The summed E-state index contributed by atoms with van der Waals surface area (Å²) in [6.45, 7) is 7.41. The number of benzene rings is 1. The minimum absolute atomic E-state index is 0.254. The van der Waals surface area contributed by atoms with Gasteiger partial charge in [-0.25, -0.2) is 0 Å². The van der Waals surface area contributed by atoms with E-state index < -0.39 is 0 Å². The standard InChI is InChI=1S/C26H39N3O4/c30-25(18-21-9-16-31-17-10-21)27-22-6-4-20(5-7-22)8-11-28-12-14-29(15-13-28)23-2-1-3-24-26(23)33-19-32-24/h1-3,20-22H,4-19H2,(H,27,30). The molecule has 0 aromatic heterocycles. The second kappa shape index (κ2) is 11.0. The van der Waals surface area contributed by atoms with Crippen molar-refractivity contribution >= 4 is 11.6 Å². The number of nitrogens with one attached hydrogen (secondary N) is 1. The van der Waals surface area contributed by atoms with E-state index in [0.29, 0.717) is 25.2 Å². The number of carbonyl (C=O) groups excluding carboxylic acids is 1. The number of hydrogen-bond acceptors (Lipinski definition) is 6. The Balaban J connectivity index is 0.980. The minimum Gasteiger partial charge on any atom is -0.454 e. The molecule has 1 N–H and O–H groups in total. The number of hydrogen-bond donors (Lipinski definition) is 1. The van der Waals surface area contributed by atoms with Crippen LogP contribution >= 0.6 is 0 Å². The van der Waals surface area contributed by atoms with E-state index in [2.05, 4.69) is 27.2 Å². The predicted octanol–water partition coefficient (Wildman–Crippen LogP) is 3.42. The largest absolute Gasteiger partial charge is 0.454 e. The Labute approximate surface area is 197 Å². The molecule has 0 atom stereocenters. The second-order valence-electron chi connectivity index (χ2n) is 10.2. The zero-order chi connectivity index (χ0) is 22.5. The van der Waals surface area contributed by atoms with Crippen LogP contribution in [0.5, 0.6) is 11.5 Å². The lowest BCUT2D eigenvalue weighted by Gasteiger charge is -2.37. The van der Waals surface area contributed by atoms with Crippen molar-refractivity contribution in [2.24, 2.45) is 11.8 Å². The molecule has 182 valence electrons. The number of anilines is 1. The smallest absolute Gasteiger partial charge is 0.231 e. The van der Waals surface area contributed by atoms with Gasteiger partial charge in [-0.15, -0.1) is 0 Å². The summed E-state index contributed by atoms with van der Waals surface area (Å²) in [5, 5.41) is 3.32. The summed E-state index contributed by atoms with van der Waals surface area (Å²) in [6.07, 6.45) is 8.79. The highest BCUT2D eigenvalue weighted by Crippen LogP contribution is 2.41. The first kappa shape index (κ1) is 22.8.